The Morgan fingerprint density at radius 1 is 1.19 bits per heavy atom. The molecule has 16 heavy (non-hydrogen) atoms. The molecule has 80 valence electrons. The number of aromatic nitrogens is 2. The summed E-state index contributed by atoms with van der Waals surface area (Å²) in [5, 5.41) is 0.678. The normalized spacial score (nSPS) is 11.1. The predicted molar refractivity (Wildman–Crippen MR) is 65.6 cm³/mol. The van der Waals surface area contributed by atoms with Crippen molar-refractivity contribution in [1.29, 1.82) is 0 Å². The molecule has 0 aromatic carbocycles. The zero-order valence-corrected chi connectivity index (χ0v) is 10.4. The van der Waals surface area contributed by atoms with Crippen molar-refractivity contribution in [3.63, 3.8) is 0 Å². The van der Waals surface area contributed by atoms with E-state index in [0.29, 0.717) is 9.69 Å². The molecule has 0 bridgehead atoms. The number of pyridine rings is 1. The molecule has 0 aliphatic rings. The maximum atomic E-state index is 5.90. The first-order valence-corrected chi connectivity index (χ1v) is 5.79. The standard InChI is InChI=1S/C11H6BrClN2O/c12-10-3-2-9(16-10)8-6-15-5-7(13)1-4-11(15)14-8/h1-6H. The van der Waals surface area contributed by atoms with E-state index in [-0.39, 0.29) is 0 Å². The molecule has 0 spiro atoms. The predicted octanol–water partition coefficient (Wildman–Crippen LogP) is 4.01. The minimum absolute atomic E-state index is 0.678. The third-order valence-electron chi connectivity index (χ3n) is 2.24. The van der Waals surface area contributed by atoms with Crippen LogP contribution < -0.4 is 0 Å². The number of hydrogen-bond acceptors (Lipinski definition) is 2. The molecular formula is C11H6BrClN2O. The van der Waals surface area contributed by atoms with Crippen molar-refractivity contribution in [1.82, 2.24) is 9.38 Å². The summed E-state index contributed by atoms with van der Waals surface area (Å²) in [6.07, 6.45) is 3.69. The molecule has 0 atom stereocenters. The average Bonchev–Trinajstić information content (AvgIpc) is 2.83. The van der Waals surface area contributed by atoms with E-state index >= 15 is 0 Å². The van der Waals surface area contributed by atoms with Crippen LogP contribution in [-0.2, 0) is 0 Å². The Labute approximate surface area is 105 Å². The van der Waals surface area contributed by atoms with Crippen molar-refractivity contribution in [3.8, 4) is 11.5 Å². The maximum Gasteiger partial charge on any atom is 0.169 e. The highest BCUT2D eigenvalue weighted by Gasteiger charge is 2.08. The fraction of sp³-hybridized carbons (Fsp3) is 0. The minimum atomic E-state index is 0.678. The van der Waals surface area contributed by atoms with Gasteiger partial charge in [0.2, 0.25) is 0 Å². The molecule has 0 saturated carbocycles. The molecule has 3 aromatic rings. The summed E-state index contributed by atoms with van der Waals surface area (Å²) in [5.41, 5.74) is 1.62. The van der Waals surface area contributed by atoms with Crippen LogP contribution in [0.2, 0.25) is 5.02 Å². The molecule has 0 radical (unpaired) electrons. The number of fused-ring (bicyclic) bond motifs is 1. The van der Waals surface area contributed by atoms with Crippen LogP contribution in [0.5, 0.6) is 0 Å². The van der Waals surface area contributed by atoms with Crippen LogP contribution in [0.3, 0.4) is 0 Å². The molecule has 3 nitrogen and oxygen atoms in total. The Balaban J connectivity index is 2.18. The highest BCUT2D eigenvalue weighted by atomic mass is 79.9. The number of halogens is 2. The van der Waals surface area contributed by atoms with Gasteiger partial charge in [-0.25, -0.2) is 4.98 Å². The second-order valence-electron chi connectivity index (χ2n) is 3.34. The topological polar surface area (TPSA) is 30.4 Å². The number of nitrogens with zero attached hydrogens (tertiary/aromatic N) is 2. The van der Waals surface area contributed by atoms with E-state index in [1.54, 1.807) is 0 Å². The van der Waals surface area contributed by atoms with Crippen LogP contribution in [0.15, 0.2) is 45.7 Å². The maximum absolute atomic E-state index is 5.90. The number of imidazole rings is 1. The van der Waals surface area contributed by atoms with Gasteiger partial charge in [0.25, 0.3) is 0 Å². The molecule has 3 rings (SSSR count). The number of rotatable bonds is 1. The highest BCUT2D eigenvalue weighted by Crippen LogP contribution is 2.25. The molecule has 0 amide bonds. The fourth-order valence-electron chi connectivity index (χ4n) is 1.54. The first-order valence-electron chi connectivity index (χ1n) is 4.62. The Kier molecular flexibility index (Phi) is 2.26. The van der Waals surface area contributed by atoms with Gasteiger partial charge in [0.1, 0.15) is 11.3 Å². The zero-order valence-electron chi connectivity index (χ0n) is 8.02. The van der Waals surface area contributed by atoms with Crippen LogP contribution in [0.4, 0.5) is 0 Å². The molecule has 0 aliphatic heterocycles. The lowest BCUT2D eigenvalue weighted by Gasteiger charge is -1.91. The first kappa shape index (κ1) is 9.93. The van der Waals surface area contributed by atoms with E-state index in [0.717, 1.165) is 17.1 Å². The van der Waals surface area contributed by atoms with Crippen LogP contribution >= 0.6 is 27.5 Å². The summed E-state index contributed by atoms with van der Waals surface area (Å²) in [6, 6.07) is 7.38. The number of furan rings is 1. The minimum Gasteiger partial charge on any atom is -0.448 e. The lowest BCUT2D eigenvalue weighted by Crippen LogP contribution is -1.79. The molecule has 0 aliphatic carbocycles. The van der Waals surface area contributed by atoms with Crippen LogP contribution in [0.1, 0.15) is 0 Å². The van der Waals surface area contributed by atoms with Gasteiger partial charge in [-0.2, -0.15) is 0 Å². The third kappa shape index (κ3) is 1.64. The lowest BCUT2D eigenvalue weighted by atomic mass is 10.4. The van der Waals surface area contributed by atoms with Crippen molar-refractivity contribution in [2.45, 2.75) is 0 Å². The molecule has 0 saturated heterocycles. The Morgan fingerprint density at radius 2 is 2.06 bits per heavy atom. The van der Waals surface area contributed by atoms with E-state index in [1.807, 2.05) is 41.1 Å². The van der Waals surface area contributed by atoms with E-state index in [2.05, 4.69) is 20.9 Å². The molecule has 0 unspecified atom stereocenters. The van der Waals surface area contributed by atoms with Crippen molar-refractivity contribution in [2.75, 3.05) is 0 Å². The molecule has 0 N–H and O–H groups in total. The molecule has 5 heteroatoms. The van der Waals surface area contributed by atoms with Gasteiger partial charge in [0.15, 0.2) is 10.4 Å². The van der Waals surface area contributed by atoms with E-state index in [9.17, 15) is 0 Å². The molecule has 3 heterocycles. The Morgan fingerprint density at radius 3 is 2.81 bits per heavy atom. The van der Waals surface area contributed by atoms with Crippen molar-refractivity contribution in [3.05, 3.63) is 46.4 Å². The second-order valence-corrected chi connectivity index (χ2v) is 4.56. The van der Waals surface area contributed by atoms with Crippen molar-refractivity contribution >= 4 is 33.2 Å². The average molecular weight is 298 g/mol. The van der Waals surface area contributed by atoms with Crippen molar-refractivity contribution < 1.29 is 4.42 Å². The van der Waals surface area contributed by atoms with Gasteiger partial charge < -0.3 is 8.82 Å². The lowest BCUT2D eigenvalue weighted by molar-refractivity contribution is 0.554. The summed E-state index contributed by atoms with van der Waals surface area (Å²) < 4.78 is 8.00. The summed E-state index contributed by atoms with van der Waals surface area (Å²) >= 11 is 9.16. The Bertz CT molecular complexity index is 659. The smallest absolute Gasteiger partial charge is 0.169 e. The van der Waals surface area contributed by atoms with Gasteiger partial charge in [0.05, 0.1) is 5.02 Å². The van der Waals surface area contributed by atoms with Crippen LogP contribution in [0, 0.1) is 0 Å². The van der Waals surface area contributed by atoms with Gasteiger partial charge in [-0.05, 0) is 40.2 Å². The quantitative estimate of drug-likeness (QED) is 0.679. The molecule has 0 fully saturated rings. The summed E-state index contributed by atoms with van der Waals surface area (Å²) in [6.45, 7) is 0. The van der Waals surface area contributed by atoms with Crippen molar-refractivity contribution in [2.24, 2.45) is 0 Å². The molecule has 3 aromatic heterocycles. The van der Waals surface area contributed by atoms with Crippen LogP contribution in [0.25, 0.3) is 17.1 Å². The monoisotopic (exact) mass is 296 g/mol. The highest BCUT2D eigenvalue weighted by molar-refractivity contribution is 9.10. The second kappa shape index (κ2) is 3.64. The largest absolute Gasteiger partial charge is 0.448 e. The van der Waals surface area contributed by atoms with Crippen LogP contribution in [-0.4, -0.2) is 9.38 Å². The van der Waals surface area contributed by atoms with E-state index in [1.165, 1.54) is 0 Å². The van der Waals surface area contributed by atoms with Gasteiger partial charge in [-0.1, -0.05) is 11.6 Å². The van der Waals surface area contributed by atoms with E-state index < -0.39 is 0 Å². The zero-order chi connectivity index (χ0) is 11.1. The SMILES string of the molecule is Clc1ccc2nc(-c3ccc(Br)o3)cn2c1. The number of hydrogen-bond donors (Lipinski definition) is 0. The first-order chi connectivity index (χ1) is 7.72. The van der Waals surface area contributed by atoms with Gasteiger partial charge >= 0.3 is 0 Å². The van der Waals surface area contributed by atoms with Gasteiger partial charge in [-0.3, -0.25) is 0 Å². The summed E-state index contributed by atoms with van der Waals surface area (Å²) in [7, 11) is 0. The third-order valence-corrected chi connectivity index (χ3v) is 2.89. The Hall–Kier alpha value is -1.26. The van der Waals surface area contributed by atoms with Gasteiger partial charge in [-0.15, -0.1) is 0 Å². The fourth-order valence-corrected chi connectivity index (χ4v) is 2.01. The summed E-state index contributed by atoms with van der Waals surface area (Å²) in [4.78, 5) is 4.43. The van der Waals surface area contributed by atoms with Gasteiger partial charge in [0, 0.05) is 12.4 Å². The van der Waals surface area contributed by atoms with E-state index in [4.69, 9.17) is 16.0 Å². The molecular weight excluding hydrogens is 291 g/mol. The summed E-state index contributed by atoms with van der Waals surface area (Å²) in [5.74, 6) is 0.728.